The van der Waals surface area contributed by atoms with E-state index in [0.717, 1.165) is 42.6 Å². The molecule has 0 aliphatic carbocycles. The summed E-state index contributed by atoms with van der Waals surface area (Å²) in [6.45, 7) is 4.39. The molecule has 2 amide bonds. The average molecular weight is 441 g/mol. The number of hydrogen-bond donors (Lipinski definition) is 1. The fourth-order valence-corrected chi connectivity index (χ4v) is 5.14. The Morgan fingerprint density at radius 3 is 2.84 bits per heavy atom. The zero-order valence-corrected chi connectivity index (χ0v) is 18.7. The highest BCUT2D eigenvalue weighted by atomic mass is 32.2. The first kappa shape index (κ1) is 21.6. The smallest absolute Gasteiger partial charge is 0.238 e. The van der Waals surface area contributed by atoms with Gasteiger partial charge in [-0.05, 0) is 42.7 Å². The molecule has 2 aliphatic rings. The number of hydrogen-bond acceptors (Lipinski definition) is 5. The van der Waals surface area contributed by atoms with Gasteiger partial charge in [-0.3, -0.25) is 14.5 Å². The van der Waals surface area contributed by atoms with Crippen molar-refractivity contribution in [3.05, 3.63) is 48.0 Å². The summed E-state index contributed by atoms with van der Waals surface area (Å²) in [5.41, 5.74) is 2.53. The van der Waals surface area contributed by atoms with Crippen molar-refractivity contribution in [1.29, 1.82) is 0 Å². The monoisotopic (exact) mass is 440 g/mol. The molecule has 0 bridgehead atoms. The number of amides is 2. The van der Waals surface area contributed by atoms with Gasteiger partial charge in [0.15, 0.2) is 11.5 Å². The van der Waals surface area contributed by atoms with Crippen molar-refractivity contribution in [3.63, 3.8) is 0 Å². The molecule has 0 aromatic heterocycles. The first-order chi connectivity index (χ1) is 15.1. The van der Waals surface area contributed by atoms with Crippen LogP contribution in [0.5, 0.6) is 11.5 Å². The van der Waals surface area contributed by atoms with E-state index in [1.807, 2.05) is 42.5 Å². The molecule has 0 spiro atoms. The summed E-state index contributed by atoms with van der Waals surface area (Å²) in [4.78, 5) is 27.2. The largest absolute Gasteiger partial charge is 0.454 e. The Hall–Kier alpha value is -2.67. The third-order valence-corrected chi connectivity index (χ3v) is 6.92. The fraction of sp³-hybridized carbons (Fsp3) is 0.417. The summed E-state index contributed by atoms with van der Waals surface area (Å²) in [5, 5.41) is 2.92. The number of anilines is 2. The summed E-state index contributed by atoms with van der Waals surface area (Å²) in [5.74, 6) is 1.89. The molecule has 6 nitrogen and oxygen atoms in total. The second-order valence-electron chi connectivity index (χ2n) is 7.83. The Balaban J connectivity index is 1.53. The summed E-state index contributed by atoms with van der Waals surface area (Å²) >= 11 is 1.58. The molecule has 2 aromatic rings. The van der Waals surface area contributed by atoms with Gasteiger partial charge < -0.3 is 14.8 Å². The van der Waals surface area contributed by atoms with Gasteiger partial charge in [0.25, 0.3) is 0 Å². The molecule has 2 aliphatic heterocycles. The SMILES string of the molecule is CCCCC(CC)C(=O)Nc1cccc(C2SCC(=O)N2c2ccc3c(c2)OCO3)c1. The van der Waals surface area contributed by atoms with Crippen molar-refractivity contribution in [2.45, 2.75) is 44.9 Å². The van der Waals surface area contributed by atoms with Gasteiger partial charge in [-0.15, -0.1) is 11.8 Å². The normalized spacial score (nSPS) is 18.3. The van der Waals surface area contributed by atoms with E-state index in [1.165, 1.54) is 0 Å². The van der Waals surface area contributed by atoms with Gasteiger partial charge in [-0.1, -0.05) is 38.8 Å². The lowest BCUT2D eigenvalue weighted by atomic mass is 9.98. The van der Waals surface area contributed by atoms with Crippen LogP contribution in [-0.2, 0) is 9.59 Å². The Kier molecular flexibility index (Phi) is 6.70. The Labute approximate surface area is 187 Å². The number of ether oxygens (including phenoxy) is 2. The van der Waals surface area contributed by atoms with E-state index < -0.39 is 0 Å². The summed E-state index contributed by atoms with van der Waals surface area (Å²) < 4.78 is 10.9. The number of nitrogens with one attached hydrogen (secondary N) is 1. The molecule has 1 saturated heterocycles. The number of unbranched alkanes of at least 4 members (excludes halogenated alkanes) is 1. The molecule has 4 rings (SSSR count). The third-order valence-electron chi connectivity index (χ3n) is 5.71. The Morgan fingerprint density at radius 2 is 2.03 bits per heavy atom. The predicted octanol–water partition coefficient (Wildman–Crippen LogP) is 5.35. The molecule has 2 unspecified atom stereocenters. The Bertz CT molecular complexity index is 964. The van der Waals surface area contributed by atoms with Crippen molar-refractivity contribution in [2.75, 3.05) is 22.8 Å². The number of thioether (sulfide) groups is 1. The van der Waals surface area contributed by atoms with Gasteiger partial charge in [0, 0.05) is 23.4 Å². The number of benzene rings is 2. The van der Waals surface area contributed by atoms with Crippen LogP contribution in [0.3, 0.4) is 0 Å². The van der Waals surface area contributed by atoms with Crippen LogP contribution in [0.25, 0.3) is 0 Å². The van der Waals surface area contributed by atoms with Crippen LogP contribution in [0, 0.1) is 5.92 Å². The number of rotatable bonds is 8. The molecule has 2 atom stereocenters. The number of carbonyl (C=O) groups is 2. The second-order valence-corrected chi connectivity index (χ2v) is 8.90. The van der Waals surface area contributed by atoms with Gasteiger partial charge in [-0.25, -0.2) is 0 Å². The van der Waals surface area contributed by atoms with Crippen LogP contribution in [-0.4, -0.2) is 24.4 Å². The van der Waals surface area contributed by atoms with Crippen molar-refractivity contribution < 1.29 is 19.1 Å². The molecular formula is C24H28N2O4S. The topological polar surface area (TPSA) is 67.9 Å². The molecule has 0 saturated carbocycles. The lowest BCUT2D eigenvalue weighted by Crippen LogP contribution is -2.28. The summed E-state index contributed by atoms with van der Waals surface area (Å²) in [6, 6.07) is 13.4. The third kappa shape index (κ3) is 4.66. The summed E-state index contributed by atoms with van der Waals surface area (Å²) in [7, 11) is 0. The quantitative estimate of drug-likeness (QED) is 0.599. The van der Waals surface area contributed by atoms with Crippen molar-refractivity contribution >= 4 is 35.0 Å². The Morgan fingerprint density at radius 1 is 1.19 bits per heavy atom. The maximum absolute atomic E-state index is 12.7. The lowest BCUT2D eigenvalue weighted by molar-refractivity contribution is -0.120. The molecule has 2 aromatic carbocycles. The lowest BCUT2D eigenvalue weighted by Gasteiger charge is -2.25. The highest BCUT2D eigenvalue weighted by Gasteiger charge is 2.35. The first-order valence-electron chi connectivity index (χ1n) is 10.8. The number of carbonyl (C=O) groups excluding carboxylic acids is 2. The van der Waals surface area contributed by atoms with Crippen LogP contribution >= 0.6 is 11.8 Å². The van der Waals surface area contributed by atoms with Crippen LogP contribution < -0.4 is 19.7 Å². The maximum atomic E-state index is 12.7. The highest BCUT2D eigenvalue weighted by molar-refractivity contribution is 8.00. The van der Waals surface area contributed by atoms with E-state index in [4.69, 9.17) is 9.47 Å². The van der Waals surface area contributed by atoms with Crippen molar-refractivity contribution in [3.8, 4) is 11.5 Å². The van der Waals surface area contributed by atoms with Crippen LogP contribution in [0.1, 0.15) is 50.5 Å². The molecule has 2 heterocycles. The molecule has 164 valence electrons. The number of nitrogens with zero attached hydrogens (tertiary/aromatic N) is 1. The van der Waals surface area contributed by atoms with Crippen LogP contribution in [0.2, 0.25) is 0 Å². The zero-order valence-electron chi connectivity index (χ0n) is 17.9. The van der Waals surface area contributed by atoms with E-state index in [2.05, 4.69) is 19.2 Å². The fourth-order valence-electron chi connectivity index (χ4n) is 3.97. The molecular weight excluding hydrogens is 412 g/mol. The van der Waals surface area contributed by atoms with Crippen LogP contribution in [0.4, 0.5) is 11.4 Å². The van der Waals surface area contributed by atoms with E-state index >= 15 is 0 Å². The average Bonchev–Trinajstić information content (AvgIpc) is 3.40. The van der Waals surface area contributed by atoms with E-state index in [0.29, 0.717) is 17.3 Å². The van der Waals surface area contributed by atoms with Crippen molar-refractivity contribution in [2.24, 2.45) is 5.92 Å². The molecule has 1 fully saturated rings. The zero-order chi connectivity index (χ0) is 21.8. The second kappa shape index (κ2) is 9.64. The molecule has 31 heavy (non-hydrogen) atoms. The van der Waals surface area contributed by atoms with Gasteiger partial charge >= 0.3 is 0 Å². The minimum atomic E-state index is -0.160. The summed E-state index contributed by atoms with van der Waals surface area (Å²) in [6.07, 6.45) is 3.87. The van der Waals surface area contributed by atoms with E-state index in [9.17, 15) is 9.59 Å². The minimum Gasteiger partial charge on any atom is -0.454 e. The van der Waals surface area contributed by atoms with E-state index in [1.54, 1.807) is 16.7 Å². The van der Waals surface area contributed by atoms with E-state index in [-0.39, 0.29) is 29.9 Å². The molecule has 0 radical (unpaired) electrons. The van der Waals surface area contributed by atoms with Gasteiger partial charge in [-0.2, -0.15) is 0 Å². The highest BCUT2D eigenvalue weighted by Crippen LogP contribution is 2.45. The molecule has 7 heteroatoms. The van der Waals surface area contributed by atoms with Crippen molar-refractivity contribution in [1.82, 2.24) is 0 Å². The number of fused-ring (bicyclic) bond motifs is 1. The predicted molar refractivity (Wildman–Crippen MR) is 124 cm³/mol. The minimum absolute atomic E-state index is 0.0242. The van der Waals surface area contributed by atoms with Gasteiger partial charge in [0.1, 0.15) is 5.37 Å². The maximum Gasteiger partial charge on any atom is 0.238 e. The van der Waals surface area contributed by atoms with Gasteiger partial charge in [0.2, 0.25) is 18.6 Å². The molecule has 1 N–H and O–H groups in total. The van der Waals surface area contributed by atoms with Gasteiger partial charge in [0.05, 0.1) is 5.75 Å². The first-order valence-corrected chi connectivity index (χ1v) is 11.9. The van der Waals surface area contributed by atoms with Crippen LogP contribution in [0.15, 0.2) is 42.5 Å². The standard InChI is InChI=1S/C24H28N2O4S/c1-3-5-7-16(4-2)23(28)25-18-9-6-8-17(12-18)24-26(22(27)14-31-24)19-10-11-20-21(13-19)30-15-29-20/h6,8-13,16,24H,3-5,7,14-15H2,1-2H3,(H,25,28).